The Morgan fingerprint density at radius 3 is 2.56 bits per heavy atom. The zero-order valence-electron chi connectivity index (χ0n) is 19.7. The number of rotatable bonds is 4. The largest absolute Gasteiger partial charge is 0.372 e. The van der Waals surface area contributed by atoms with E-state index in [9.17, 15) is 9.59 Å². The van der Waals surface area contributed by atoms with Gasteiger partial charge in [0.05, 0.1) is 35.6 Å². The van der Waals surface area contributed by atoms with E-state index in [1.807, 2.05) is 79.1 Å². The maximum atomic E-state index is 13.7. The van der Waals surface area contributed by atoms with E-state index in [2.05, 4.69) is 4.98 Å². The van der Waals surface area contributed by atoms with Crippen molar-refractivity contribution < 1.29 is 9.53 Å². The summed E-state index contributed by atoms with van der Waals surface area (Å²) in [6.07, 6.45) is 0.128. The van der Waals surface area contributed by atoms with E-state index in [4.69, 9.17) is 9.84 Å². The van der Waals surface area contributed by atoms with Gasteiger partial charge in [0.25, 0.3) is 5.56 Å². The number of hydrogen-bond donors (Lipinski definition) is 0. The van der Waals surface area contributed by atoms with Crippen molar-refractivity contribution in [2.75, 3.05) is 13.1 Å². The smallest absolute Gasteiger partial charge is 0.268 e. The molecule has 1 aromatic carbocycles. The second kappa shape index (κ2) is 8.81. The molecule has 34 heavy (non-hydrogen) atoms. The summed E-state index contributed by atoms with van der Waals surface area (Å²) in [6.45, 7) is 8.83. The van der Waals surface area contributed by atoms with E-state index >= 15 is 0 Å². The minimum absolute atomic E-state index is 0.00599. The lowest BCUT2D eigenvalue weighted by atomic mass is 10.1. The van der Waals surface area contributed by atoms with Crippen LogP contribution in [0.2, 0.25) is 0 Å². The Hall–Kier alpha value is -3.30. The number of nitrogens with zero attached hydrogens (tertiary/aromatic N) is 5. The molecule has 0 saturated carbocycles. The lowest BCUT2D eigenvalue weighted by Gasteiger charge is -2.35. The molecule has 0 N–H and O–H groups in total. The first-order valence-electron chi connectivity index (χ1n) is 11.4. The zero-order valence-corrected chi connectivity index (χ0v) is 20.5. The molecule has 0 spiro atoms. The molecule has 0 radical (unpaired) electrons. The molecule has 176 valence electrons. The minimum Gasteiger partial charge on any atom is -0.372 e. The molecule has 1 aliphatic rings. The van der Waals surface area contributed by atoms with Crippen LogP contribution in [0.1, 0.15) is 30.9 Å². The topological polar surface area (TPSA) is 81.7 Å². The Labute approximate surface area is 201 Å². The number of aryl methyl sites for hydroxylation is 2. The first-order valence-corrected chi connectivity index (χ1v) is 12.2. The van der Waals surface area contributed by atoms with Crippen LogP contribution in [0.4, 0.5) is 0 Å². The average Bonchev–Trinajstić information content (AvgIpc) is 3.37. The molecule has 3 aromatic heterocycles. The van der Waals surface area contributed by atoms with Crippen LogP contribution in [0.3, 0.4) is 0 Å². The summed E-state index contributed by atoms with van der Waals surface area (Å²) in [6, 6.07) is 11.7. The van der Waals surface area contributed by atoms with E-state index in [-0.39, 0.29) is 30.1 Å². The summed E-state index contributed by atoms with van der Waals surface area (Å²) < 4.78 is 9.13. The number of fused-ring (bicyclic) bond motifs is 1. The number of carbonyl (C=O) groups excluding carboxylic acids is 1. The van der Waals surface area contributed by atoms with Crippen LogP contribution in [-0.2, 0) is 16.0 Å². The number of aromatic nitrogens is 4. The van der Waals surface area contributed by atoms with Crippen LogP contribution in [0, 0.1) is 13.8 Å². The van der Waals surface area contributed by atoms with Crippen molar-refractivity contribution >= 4 is 22.2 Å². The fourth-order valence-corrected chi connectivity index (χ4v) is 5.53. The summed E-state index contributed by atoms with van der Waals surface area (Å²) in [7, 11) is 0. The number of benzene rings is 1. The second-order valence-corrected chi connectivity index (χ2v) is 9.71. The van der Waals surface area contributed by atoms with E-state index in [1.165, 1.54) is 11.3 Å². The van der Waals surface area contributed by atoms with Gasteiger partial charge < -0.3 is 9.64 Å². The standard InChI is InChI=1S/C25H27N5O3S/c1-15-10-21(27-30(15)19-8-6-5-7-9-19)23-18(4)26-25-29(24(23)32)20(14-34-25)11-22(31)28-12-16(2)33-17(3)13-28/h5-10,14,16-17H,11-13H2,1-4H3. The molecule has 4 aromatic rings. The summed E-state index contributed by atoms with van der Waals surface area (Å²) in [5.41, 5.74) is 3.94. The van der Waals surface area contributed by atoms with Crippen LogP contribution in [0.5, 0.6) is 0 Å². The predicted octanol–water partition coefficient (Wildman–Crippen LogP) is 3.40. The molecular weight excluding hydrogens is 450 g/mol. The SMILES string of the molecule is Cc1nc2scc(CC(=O)N3CC(C)OC(C)C3)n2c(=O)c1-c1cc(C)n(-c2ccccc2)n1. The highest BCUT2D eigenvalue weighted by atomic mass is 32.1. The summed E-state index contributed by atoms with van der Waals surface area (Å²) >= 11 is 1.37. The van der Waals surface area contributed by atoms with Gasteiger partial charge >= 0.3 is 0 Å². The third-order valence-corrected chi connectivity index (χ3v) is 6.94. The minimum atomic E-state index is -0.201. The van der Waals surface area contributed by atoms with Gasteiger partial charge in [-0.05, 0) is 45.9 Å². The number of para-hydroxylation sites is 1. The fraction of sp³-hybridized carbons (Fsp3) is 0.360. The third-order valence-electron chi connectivity index (χ3n) is 6.07. The number of morpholine rings is 1. The number of ether oxygens (including phenoxy) is 1. The van der Waals surface area contributed by atoms with Gasteiger partial charge in [0.2, 0.25) is 5.91 Å². The van der Waals surface area contributed by atoms with Crippen molar-refractivity contribution in [2.45, 2.75) is 46.3 Å². The van der Waals surface area contributed by atoms with Crippen LogP contribution in [0.15, 0.2) is 46.6 Å². The molecule has 1 amide bonds. The van der Waals surface area contributed by atoms with Gasteiger partial charge in [-0.1, -0.05) is 18.2 Å². The third kappa shape index (κ3) is 4.05. The first kappa shape index (κ1) is 22.5. The molecule has 5 rings (SSSR count). The van der Waals surface area contributed by atoms with Gasteiger partial charge in [-0.15, -0.1) is 11.3 Å². The fourth-order valence-electron chi connectivity index (χ4n) is 4.60. The molecule has 1 aliphatic heterocycles. The molecule has 9 heteroatoms. The normalized spacial score (nSPS) is 18.5. The Morgan fingerprint density at radius 1 is 1.15 bits per heavy atom. The van der Waals surface area contributed by atoms with E-state index < -0.39 is 0 Å². The molecule has 2 unspecified atom stereocenters. The molecule has 8 nitrogen and oxygen atoms in total. The monoisotopic (exact) mass is 477 g/mol. The van der Waals surface area contributed by atoms with Gasteiger partial charge in [0.1, 0.15) is 5.69 Å². The average molecular weight is 478 g/mol. The van der Waals surface area contributed by atoms with Crippen LogP contribution < -0.4 is 5.56 Å². The van der Waals surface area contributed by atoms with E-state index in [1.54, 1.807) is 4.40 Å². The number of carbonyl (C=O) groups is 1. The zero-order chi connectivity index (χ0) is 24.0. The molecule has 0 bridgehead atoms. The second-order valence-electron chi connectivity index (χ2n) is 8.87. The Morgan fingerprint density at radius 2 is 1.85 bits per heavy atom. The van der Waals surface area contributed by atoms with Crippen molar-refractivity contribution in [3.63, 3.8) is 0 Å². The van der Waals surface area contributed by atoms with Crippen molar-refractivity contribution in [1.82, 2.24) is 24.1 Å². The number of hydrogen-bond acceptors (Lipinski definition) is 6. The molecule has 1 fully saturated rings. The lowest BCUT2D eigenvalue weighted by molar-refractivity contribution is -0.142. The Bertz CT molecular complexity index is 1410. The highest BCUT2D eigenvalue weighted by Gasteiger charge is 2.27. The maximum Gasteiger partial charge on any atom is 0.268 e. The molecule has 1 saturated heterocycles. The van der Waals surface area contributed by atoms with Gasteiger partial charge in [0.15, 0.2) is 4.96 Å². The van der Waals surface area contributed by atoms with Gasteiger partial charge in [-0.25, -0.2) is 9.67 Å². The highest BCUT2D eigenvalue weighted by molar-refractivity contribution is 7.15. The quantitative estimate of drug-likeness (QED) is 0.450. The number of thiazole rings is 1. The molecular formula is C25H27N5O3S. The maximum absolute atomic E-state index is 13.7. The molecule has 2 atom stereocenters. The van der Waals surface area contributed by atoms with Crippen molar-refractivity contribution in [1.29, 1.82) is 0 Å². The van der Waals surface area contributed by atoms with Crippen LogP contribution in [-0.4, -0.2) is 55.3 Å². The summed E-state index contributed by atoms with van der Waals surface area (Å²) in [5.74, 6) is -0.0140. The van der Waals surface area contributed by atoms with Gasteiger partial charge in [0, 0.05) is 29.9 Å². The van der Waals surface area contributed by atoms with E-state index in [0.717, 1.165) is 11.4 Å². The van der Waals surface area contributed by atoms with Crippen molar-refractivity contribution in [3.05, 3.63) is 69.2 Å². The number of amides is 1. The molecule has 0 aliphatic carbocycles. The van der Waals surface area contributed by atoms with Crippen LogP contribution in [0.25, 0.3) is 21.9 Å². The summed E-state index contributed by atoms with van der Waals surface area (Å²) in [4.78, 5) is 33.8. The van der Waals surface area contributed by atoms with Gasteiger partial charge in [-0.2, -0.15) is 5.10 Å². The lowest BCUT2D eigenvalue weighted by Crippen LogP contribution is -2.48. The summed E-state index contributed by atoms with van der Waals surface area (Å²) in [5, 5.41) is 6.57. The molecule has 4 heterocycles. The Balaban J connectivity index is 1.53. The predicted molar refractivity (Wildman–Crippen MR) is 132 cm³/mol. The van der Waals surface area contributed by atoms with Crippen LogP contribution >= 0.6 is 11.3 Å². The van der Waals surface area contributed by atoms with Crippen molar-refractivity contribution in [2.24, 2.45) is 0 Å². The first-order chi connectivity index (χ1) is 16.3. The highest BCUT2D eigenvalue weighted by Crippen LogP contribution is 2.24. The Kier molecular flexibility index (Phi) is 5.83. The van der Waals surface area contributed by atoms with Gasteiger partial charge in [-0.3, -0.25) is 14.0 Å². The van der Waals surface area contributed by atoms with Crippen molar-refractivity contribution in [3.8, 4) is 16.9 Å². The van der Waals surface area contributed by atoms with E-state index in [0.29, 0.717) is 40.7 Å².